The van der Waals surface area contributed by atoms with Crippen LogP contribution >= 0.6 is 0 Å². The highest BCUT2D eigenvalue weighted by Crippen LogP contribution is 2.22. The van der Waals surface area contributed by atoms with Crippen LogP contribution in [0.4, 0.5) is 4.39 Å². The molecule has 0 heterocycles. The van der Waals surface area contributed by atoms with Crippen LogP contribution in [0.3, 0.4) is 0 Å². The van der Waals surface area contributed by atoms with Gasteiger partial charge in [-0.1, -0.05) is 43.8 Å². The highest BCUT2D eigenvalue weighted by Gasteiger charge is 2.06. The van der Waals surface area contributed by atoms with Gasteiger partial charge in [0.25, 0.3) is 0 Å². The molecule has 0 aliphatic carbocycles. The maximum atomic E-state index is 12.6. The van der Waals surface area contributed by atoms with Crippen LogP contribution in [0.1, 0.15) is 18.4 Å². The standard InChI is InChI=1S/C10H11F/c1-8(9(2)11)10-6-4-3-5-7-10/h3-8H,2H2,1H3. The Bertz CT molecular complexity index is 238. The molecule has 1 heteroatoms. The second-order valence-corrected chi connectivity index (χ2v) is 2.58. The molecule has 0 radical (unpaired) electrons. The molecule has 0 bridgehead atoms. The van der Waals surface area contributed by atoms with Crippen LogP contribution in [0, 0.1) is 0 Å². The topological polar surface area (TPSA) is 0 Å². The first kappa shape index (κ1) is 7.99. The summed E-state index contributed by atoms with van der Waals surface area (Å²) in [6.07, 6.45) is 0. The maximum absolute atomic E-state index is 12.6. The van der Waals surface area contributed by atoms with E-state index in [1.54, 1.807) is 6.92 Å². The summed E-state index contributed by atoms with van der Waals surface area (Å²) in [7, 11) is 0. The van der Waals surface area contributed by atoms with Gasteiger partial charge in [-0.2, -0.15) is 0 Å². The first-order chi connectivity index (χ1) is 5.22. The Balaban J connectivity index is 2.85. The van der Waals surface area contributed by atoms with Gasteiger partial charge in [0.2, 0.25) is 0 Å². The van der Waals surface area contributed by atoms with E-state index >= 15 is 0 Å². The van der Waals surface area contributed by atoms with Crippen molar-refractivity contribution in [1.82, 2.24) is 0 Å². The molecule has 0 aromatic heterocycles. The van der Waals surface area contributed by atoms with Gasteiger partial charge < -0.3 is 0 Å². The molecular formula is C10H11F. The fraction of sp³-hybridized carbons (Fsp3) is 0.200. The first-order valence-electron chi connectivity index (χ1n) is 3.61. The van der Waals surface area contributed by atoms with Crippen molar-refractivity contribution < 1.29 is 4.39 Å². The van der Waals surface area contributed by atoms with Crippen molar-refractivity contribution in [1.29, 1.82) is 0 Å². The zero-order chi connectivity index (χ0) is 8.27. The molecule has 0 N–H and O–H groups in total. The summed E-state index contributed by atoms with van der Waals surface area (Å²) in [5.41, 5.74) is 0.972. The Labute approximate surface area is 66.4 Å². The van der Waals surface area contributed by atoms with Crippen LogP contribution in [-0.2, 0) is 0 Å². The number of halogens is 1. The van der Waals surface area contributed by atoms with Crippen molar-refractivity contribution >= 4 is 0 Å². The van der Waals surface area contributed by atoms with E-state index in [0.29, 0.717) is 0 Å². The van der Waals surface area contributed by atoms with E-state index in [2.05, 4.69) is 6.58 Å². The monoisotopic (exact) mass is 150 g/mol. The van der Waals surface area contributed by atoms with Crippen LogP contribution in [0.2, 0.25) is 0 Å². The van der Waals surface area contributed by atoms with Crippen molar-refractivity contribution in [2.75, 3.05) is 0 Å². The molecule has 0 spiro atoms. The minimum atomic E-state index is -0.281. The molecule has 0 fully saturated rings. The second kappa shape index (κ2) is 3.33. The lowest BCUT2D eigenvalue weighted by molar-refractivity contribution is 0.568. The highest BCUT2D eigenvalue weighted by molar-refractivity contribution is 5.23. The van der Waals surface area contributed by atoms with Gasteiger partial charge in [0.1, 0.15) is 0 Å². The molecule has 1 aromatic rings. The number of hydrogen-bond acceptors (Lipinski definition) is 0. The number of benzene rings is 1. The molecule has 0 amide bonds. The summed E-state index contributed by atoms with van der Waals surface area (Å²) < 4.78 is 12.6. The summed E-state index contributed by atoms with van der Waals surface area (Å²) in [6.45, 7) is 5.07. The van der Waals surface area contributed by atoms with E-state index in [-0.39, 0.29) is 11.7 Å². The minimum Gasteiger partial charge on any atom is -0.212 e. The third-order valence-corrected chi connectivity index (χ3v) is 1.77. The average Bonchev–Trinajstić information content (AvgIpc) is 2.05. The van der Waals surface area contributed by atoms with Gasteiger partial charge >= 0.3 is 0 Å². The molecule has 0 nitrogen and oxygen atoms in total. The van der Waals surface area contributed by atoms with Gasteiger partial charge in [-0.3, -0.25) is 0 Å². The van der Waals surface area contributed by atoms with E-state index in [4.69, 9.17) is 0 Å². The summed E-state index contributed by atoms with van der Waals surface area (Å²) in [5, 5.41) is 0. The SMILES string of the molecule is C=C(F)C(C)c1ccccc1. The molecule has 0 aliphatic rings. The maximum Gasteiger partial charge on any atom is 0.0999 e. The van der Waals surface area contributed by atoms with Crippen LogP contribution in [0.25, 0.3) is 0 Å². The van der Waals surface area contributed by atoms with Crippen LogP contribution in [0.15, 0.2) is 42.7 Å². The van der Waals surface area contributed by atoms with Gasteiger partial charge in [0, 0.05) is 5.92 Å². The summed E-state index contributed by atoms with van der Waals surface area (Å²) in [5.74, 6) is -0.465. The van der Waals surface area contributed by atoms with Gasteiger partial charge in [0.15, 0.2) is 0 Å². The third kappa shape index (κ3) is 1.90. The molecule has 0 aliphatic heterocycles. The number of allylic oxidation sites excluding steroid dienone is 1. The third-order valence-electron chi connectivity index (χ3n) is 1.77. The van der Waals surface area contributed by atoms with Crippen molar-refractivity contribution in [2.45, 2.75) is 12.8 Å². The van der Waals surface area contributed by atoms with Gasteiger partial charge in [0.05, 0.1) is 5.83 Å². The lowest BCUT2D eigenvalue weighted by Crippen LogP contribution is -1.91. The average molecular weight is 150 g/mol. The molecule has 1 rings (SSSR count). The number of rotatable bonds is 2. The Hall–Kier alpha value is -1.11. The minimum absolute atomic E-state index is 0.184. The van der Waals surface area contributed by atoms with Crippen LogP contribution in [-0.4, -0.2) is 0 Å². The van der Waals surface area contributed by atoms with Crippen LogP contribution in [0.5, 0.6) is 0 Å². The normalized spacial score (nSPS) is 12.5. The molecule has 58 valence electrons. The Morgan fingerprint density at radius 1 is 1.36 bits per heavy atom. The van der Waals surface area contributed by atoms with Gasteiger partial charge in [-0.05, 0) is 5.56 Å². The van der Waals surface area contributed by atoms with Crippen LogP contribution < -0.4 is 0 Å². The van der Waals surface area contributed by atoms with E-state index in [1.165, 1.54) is 0 Å². The molecule has 11 heavy (non-hydrogen) atoms. The molecule has 1 atom stereocenters. The predicted molar refractivity (Wildman–Crippen MR) is 45.1 cm³/mol. The summed E-state index contributed by atoms with van der Waals surface area (Å²) in [4.78, 5) is 0. The van der Waals surface area contributed by atoms with Crippen molar-refractivity contribution in [3.05, 3.63) is 48.3 Å². The quantitative estimate of drug-likeness (QED) is 0.607. The first-order valence-corrected chi connectivity index (χ1v) is 3.61. The largest absolute Gasteiger partial charge is 0.212 e. The molecular weight excluding hydrogens is 139 g/mol. The molecule has 1 aromatic carbocycles. The Morgan fingerprint density at radius 2 is 1.91 bits per heavy atom. The summed E-state index contributed by atoms with van der Waals surface area (Å²) in [6, 6.07) is 9.51. The van der Waals surface area contributed by atoms with E-state index in [0.717, 1.165) is 5.56 Å². The van der Waals surface area contributed by atoms with E-state index in [9.17, 15) is 4.39 Å². The summed E-state index contributed by atoms with van der Waals surface area (Å²) >= 11 is 0. The predicted octanol–water partition coefficient (Wildman–Crippen LogP) is 3.27. The second-order valence-electron chi connectivity index (χ2n) is 2.58. The number of hydrogen-bond donors (Lipinski definition) is 0. The van der Waals surface area contributed by atoms with Gasteiger partial charge in [-0.25, -0.2) is 4.39 Å². The zero-order valence-corrected chi connectivity index (χ0v) is 6.55. The smallest absolute Gasteiger partial charge is 0.0999 e. The Kier molecular flexibility index (Phi) is 2.42. The van der Waals surface area contributed by atoms with Crippen molar-refractivity contribution in [3.63, 3.8) is 0 Å². The van der Waals surface area contributed by atoms with E-state index < -0.39 is 0 Å². The van der Waals surface area contributed by atoms with E-state index in [1.807, 2.05) is 30.3 Å². The molecule has 1 unspecified atom stereocenters. The lowest BCUT2D eigenvalue weighted by Gasteiger charge is -2.06. The zero-order valence-electron chi connectivity index (χ0n) is 6.55. The molecule has 0 saturated carbocycles. The van der Waals surface area contributed by atoms with Crippen molar-refractivity contribution in [3.8, 4) is 0 Å². The fourth-order valence-corrected chi connectivity index (χ4v) is 0.923. The van der Waals surface area contributed by atoms with Gasteiger partial charge in [-0.15, -0.1) is 0 Å². The van der Waals surface area contributed by atoms with Crippen molar-refractivity contribution in [2.24, 2.45) is 0 Å². The molecule has 0 saturated heterocycles. The fourth-order valence-electron chi connectivity index (χ4n) is 0.923. The lowest BCUT2D eigenvalue weighted by atomic mass is 10.0. The highest BCUT2D eigenvalue weighted by atomic mass is 19.1. The Morgan fingerprint density at radius 3 is 2.36 bits per heavy atom.